The van der Waals surface area contributed by atoms with E-state index in [1.165, 1.54) is 0 Å². The molecule has 3 aromatic rings. The molecule has 0 aromatic carbocycles. The molecule has 2 unspecified atom stereocenters. The average Bonchev–Trinajstić information content (AvgIpc) is 3.37. The van der Waals surface area contributed by atoms with Gasteiger partial charge in [0.2, 0.25) is 0 Å². The minimum absolute atomic E-state index is 0.0314. The Bertz CT molecular complexity index is 1010. The maximum Gasteiger partial charge on any atom is 0.259 e. The van der Waals surface area contributed by atoms with Crippen LogP contribution in [0.15, 0.2) is 49.2 Å². The molecule has 2 fully saturated rings. The van der Waals surface area contributed by atoms with Crippen molar-refractivity contribution in [3.05, 3.63) is 60.3 Å². The lowest BCUT2D eigenvalue weighted by molar-refractivity contribution is -0.0466. The van der Waals surface area contributed by atoms with Crippen molar-refractivity contribution in [1.29, 1.82) is 0 Å². The molecule has 1 spiro atoms. The van der Waals surface area contributed by atoms with Gasteiger partial charge in [0.25, 0.3) is 5.91 Å². The Balaban J connectivity index is 1.25. The summed E-state index contributed by atoms with van der Waals surface area (Å²) in [4.78, 5) is 23.4. The Morgan fingerprint density at radius 1 is 1.31 bits per heavy atom. The fourth-order valence-corrected chi connectivity index (χ4v) is 4.31. The molecule has 0 N–H and O–H groups in total. The summed E-state index contributed by atoms with van der Waals surface area (Å²) in [6, 6.07) is 5.71. The molecule has 0 saturated carbocycles. The van der Waals surface area contributed by atoms with Gasteiger partial charge in [-0.2, -0.15) is 5.10 Å². The van der Waals surface area contributed by atoms with Gasteiger partial charge in [-0.1, -0.05) is 6.07 Å². The summed E-state index contributed by atoms with van der Waals surface area (Å²) in [7, 11) is 0. The van der Waals surface area contributed by atoms with Crippen LogP contribution in [-0.2, 0) is 16.1 Å². The Morgan fingerprint density at radius 2 is 2.28 bits per heavy atom. The fraction of sp³-hybridized carbons (Fsp3) is 0.429. The molecule has 0 aliphatic carbocycles. The highest BCUT2D eigenvalue weighted by Gasteiger charge is 2.45. The fourth-order valence-electron chi connectivity index (χ4n) is 4.31. The Hall–Kier alpha value is -2.84. The number of piperidine rings is 1. The first-order valence-electron chi connectivity index (χ1n) is 9.95. The molecule has 2 aliphatic heterocycles. The van der Waals surface area contributed by atoms with Crippen molar-refractivity contribution in [2.75, 3.05) is 19.7 Å². The molecule has 8 heteroatoms. The van der Waals surface area contributed by atoms with E-state index < -0.39 is 0 Å². The van der Waals surface area contributed by atoms with Crippen LogP contribution in [0.4, 0.5) is 0 Å². The van der Waals surface area contributed by atoms with Gasteiger partial charge in [0.15, 0.2) is 5.65 Å². The minimum atomic E-state index is -0.329. The number of fused-ring (bicyclic) bond motifs is 1. The lowest BCUT2D eigenvalue weighted by Gasteiger charge is -2.39. The van der Waals surface area contributed by atoms with Gasteiger partial charge in [0.1, 0.15) is 5.56 Å². The lowest BCUT2D eigenvalue weighted by Crippen LogP contribution is -2.50. The van der Waals surface area contributed by atoms with Crippen LogP contribution in [0.1, 0.15) is 35.2 Å². The van der Waals surface area contributed by atoms with Crippen molar-refractivity contribution in [3.8, 4) is 0 Å². The summed E-state index contributed by atoms with van der Waals surface area (Å²) in [5, 5.41) is 4.24. The van der Waals surface area contributed by atoms with Crippen molar-refractivity contribution in [1.82, 2.24) is 24.5 Å². The number of likely N-dealkylation sites (tertiary alicyclic amines) is 1. The lowest BCUT2D eigenvalue weighted by atomic mass is 9.89. The van der Waals surface area contributed by atoms with Crippen LogP contribution in [0.3, 0.4) is 0 Å². The molecule has 5 rings (SSSR count). The van der Waals surface area contributed by atoms with E-state index in [9.17, 15) is 4.79 Å². The van der Waals surface area contributed by atoms with Crippen LogP contribution in [0.25, 0.3) is 5.65 Å². The third-order valence-corrected chi connectivity index (χ3v) is 5.72. The molecule has 2 saturated heterocycles. The average molecular weight is 393 g/mol. The second-order valence-corrected chi connectivity index (χ2v) is 7.77. The van der Waals surface area contributed by atoms with Gasteiger partial charge in [-0.15, -0.1) is 0 Å². The molecule has 5 heterocycles. The zero-order chi connectivity index (χ0) is 19.7. The van der Waals surface area contributed by atoms with E-state index in [0.29, 0.717) is 31.0 Å². The maximum absolute atomic E-state index is 13.1. The SMILES string of the molecule is O=C(c1cnn2cccnc12)N1CCCC2(CC(OCc3cccnc3)CO2)C1. The molecule has 0 radical (unpaired) electrons. The molecule has 150 valence electrons. The standard InChI is InChI=1S/C21H23N5O3/c27-20(18-12-24-26-9-3-7-23-19(18)26)25-8-2-5-21(15-25)10-17(14-29-21)28-13-16-4-1-6-22-11-16/h1,3-4,6-7,9,11-12,17H,2,5,8,10,13-15H2. The summed E-state index contributed by atoms with van der Waals surface area (Å²) in [6.45, 7) is 2.37. The number of pyridine rings is 1. The van der Waals surface area contributed by atoms with Crippen molar-refractivity contribution in [2.45, 2.75) is 37.6 Å². The Labute approximate surface area is 168 Å². The van der Waals surface area contributed by atoms with Gasteiger partial charge < -0.3 is 14.4 Å². The number of rotatable bonds is 4. The first-order chi connectivity index (χ1) is 14.2. The molecular weight excluding hydrogens is 370 g/mol. The quantitative estimate of drug-likeness (QED) is 0.675. The van der Waals surface area contributed by atoms with Crippen molar-refractivity contribution in [3.63, 3.8) is 0 Å². The highest BCUT2D eigenvalue weighted by Crippen LogP contribution is 2.36. The van der Waals surface area contributed by atoms with Gasteiger partial charge in [-0.25, -0.2) is 9.50 Å². The van der Waals surface area contributed by atoms with E-state index >= 15 is 0 Å². The van der Waals surface area contributed by atoms with Crippen LogP contribution in [-0.4, -0.2) is 61.8 Å². The monoisotopic (exact) mass is 393 g/mol. The van der Waals surface area contributed by atoms with Gasteiger partial charge in [-0.05, 0) is 30.5 Å². The number of hydrogen-bond acceptors (Lipinski definition) is 6. The first kappa shape index (κ1) is 18.2. The van der Waals surface area contributed by atoms with Crippen LogP contribution >= 0.6 is 0 Å². The maximum atomic E-state index is 13.1. The second kappa shape index (κ2) is 7.53. The summed E-state index contributed by atoms with van der Waals surface area (Å²) in [5.74, 6) is -0.0406. The van der Waals surface area contributed by atoms with Gasteiger partial charge in [0, 0.05) is 37.8 Å². The summed E-state index contributed by atoms with van der Waals surface area (Å²) < 4.78 is 13.9. The van der Waals surface area contributed by atoms with Crippen molar-refractivity contribution < 1.29 is 14.3 Å². The molecule has 8 nitrogen and oxygen atoms in total. The topological polar surface area (TPSA) is 81.9 Å². The highest BCUT2D eigenvalue weighted by atomic mass is 16.6. The molecule has 2 aliphatic rings. The third-order valence-electron chi connectivity index (χ3n) is 5.72. The van der Waals surface area contributed by atoms with Crippen molar-refractivity contribution >= 4 is 11.6 Å². The molecule has 0 bridgehead atoms. The number of amides is 1. The second-order valence-electron chi connectivity index (χ2n) is 7.77. The number of carbonyl (C=O) groups is 1. The zero-order valence-electron chi connectivity index (χ0n) is 16.1. The number of hydrogen-bond donors (Lipinski definition) is 0. The number of ether oxygens (including phenoxy) is 2. The molecule has 2 atom stereocenters. The van der Waals surface area contributed by atoms with E-state index in [1.807, 2.05) is 23.2 Å². The van der Waals surface area contributed by atoms with Crippen LogP contribution in [0, 0.1) is 0 Å². The van der Waals surface area contributed by atoms with Gasteiger partial charge in [0.05, 0.1) is 37.7 Å². The van der Waals surface area contributed by atoms with E-state index in [1.54, 1.807) is 35.4 Å². The smallest absolute Gasteiger partial charge is 0.259 e. The molecule has 3 aromatic heterocycles. The Kier molecular flexibility index (Phi) is 4.73. The third kappa shape index (κ3) is 3.61. The van der Waals surface area contributed by atoms with E-state index in [2.05, 4.69) is 15.1 Å². The van der Waals surface area contributed by atoms with Crippen molar-refractivity contribution in [2.24, 2.45) is 0 Å². The van der Waals surface area contributed by atoms with Gasteiger partial charge >= 0.3 is 0 Å². The number of aromatic nitrogens is 4. The minimum Gasteiger partial charge on any atom is -0.371 e. The number of carbonyl (C=O) groups excluding carboxylic acids is 1. The summed E-state index contributed by atoms with van der Waals surface area (Å²) in [5.41, 5.74) is 1.84. The van der Waals surface area contributed by atoms with E-state index in [-0.39, 0.29) is 17.6 Å². The van der Waals surface area contributed by atoms with Crippen LogP contribution in [0.5, 0.6) is 0 Å². The van der Waals surface area contributed by atoms with E-state index in [4.69, 9.17) is 9.47 Å². The van der Waals surface area contributed by atoms with E-state index in [0.717, 1.165) is 31.4 Å². The zero-order valence-corrected chi connectivity index (χ0v) is 16.1. The molecular formula is C21H23N5O3. The predicted octanol–water partition coefficient (Wildman–Crippen LogP) is 2.10. The molecule has 29 heavy (non-hydrogen) atoms. The largest absolute Gasteiger partial charge is 0.371 e. The summed E-state index contributed by atoms with van der Waals surface area (Å²) >= 11 is 0. The van der Waals surface area contributed by atoms with Crippen LogP contribution < -0.4 is 0 Å². The predicted molar refractivity (Wildman–Crippen MR) is 104 cm³/mol. The normalized spacial score (nSPS) is 24.4. The first-order valence-corrected chi connectivity index (χ1v) is 9.95. The van der Waals surface area contributed by atoms with Gasteiger partial charge in [-0.3, -0.25) is 9.78 Å². The highest BCUT2D eigenvalue weighted by molar-refractivity contribution is 5.99. The van der Waals surface area contributed by atoms with Crippen LogP contribution in [0.2, 0.25) is 0 Å². The number of nitrogens with zero attached hydrogens (tertiary/aromatic N) is 5. The molecule has 1 amide bonds. The summed E-state index contributed by atoms with van der Waals surface area (Å²) in [6.07, 6.45) is 11.3. The Morgan fingerprint density at radius 3 is 3.17 bits per heavy atom.